The van der Waals surface area contributed by atoms with E-state index in [4.69, 9.17) is 11.6 Å². The SMILES string of the molecule is CCc1ccccc1NC(=O)C[NH+](C)CC(=O)N[C@@H](C)c1ccc(Cl)cc1. The average molecular weight is 389 g/mol. The third kappa shape index (κ3) is 6.70. The molecule has 27 heavy (non-hydrogen) atoms. The van der Waals surface area contributed by atoms with Crippen molar-refractivity contribution in [3.05, 3.63) is 64.7 Å². The summed E-state index contributed by atoms with van der Waals surface area (Å²) in [4.78, 5) is 25.3. The number of amides is 2. The first-order valence-electron chi connectivity index (χ1n) is 9.13. The first kappa shape index (κ1) is 20.9. The van der Waals surface area contributed by atoms with Crippen molar-refractivity contribution in [1.29, 1.82) is 0 Å². The molecule has 144 valence electrons. The van der Waals surface area contributed by atoms with Crippen molar-refractivity contribution >= 4 is 29.1 Å². The van der Waals surface area contributed by atoms with Crippen molar-refractivity contribution in [3.8, 4) is 0 Å². The molecule has 0 aliphatic heterocycles. The molecule has 3 N–H and O–H groups in total. The summed E-state index contributed by atoms with van der Waals surface area (Å²) in [7, 11) is 1.83. The second-order valence-electron chi connectivity index (χ2n) is 6.71. The standard InChI is InChI=1S/C21H26ClN3O2/c1-4-16-7-5-6-8-19(16)24-21(27)14-25(3)13-20(26)23-15(2)17-9-11-18(22)12-10-17/h5-12,15H,4,13-14H2,1-3H3,(H,23,26)(H,24,27)/p+1/t15-/m0/s1. The van der Waals surface area contributed by atoms with E-state index in [9.17, 15) is 9.59 Å². The Kier molecular flexibility index (Phi) is 7.82. The van der Waals surface area contributed by atoms with Crippen LogP contribution in [0.4, 0.5) is 5.69 Å². The van der Waals surface area contributed by atoms with Gasteiger partial charge in [-0.05, 0) is 42.7 Å². The van der Waals surface area contributed by atoms with E-state index in [-0.39, 0.29) is 30.9 Å². The molecular weight excluding hydrogens is 362 g/mol. The number of halogens is 1. The molecular formula is C21H27ClN3O2+. The lowest BCUT2D eigenvalue weighted by Gasteiger charge is -2.17. The predicted octanol–water partition coefficient (Wildman–Crippen LogP) is 2.23. The highest BCUT2D eigenvalue weighted by Crippen LogP contribution is 2.16. The van der Waals surface area contributed by atoms with Crippen molar-refractivity contribution < 1.29 is 14.5 Å². The Hall–Kier alpha value is -2.37. The van der Waals surface area contributed by atoms with Gasteiger partial charge in [-0.3, -0.25) is 9.59 Å². The summed E-state index contributed by atoms with van der Waals surface area (Å²) >= 11 is 5.89. The maximum Gasteiger partial charge on any atom is 0.279 e. The Balaban J connectivity index is 1.81. The molecule has 0 fully saturated rings. The fourth-order valence-electron chi connectivity index (χ4n) is 2.88. The van der Waals surface area contributed by atoms with Gasteiger partial charge in [0.2, 0.25) is 0 Å². The highest BCUT2D eigenvalue weighted by molar-refractivity contribution is 6.30. The Morgan fingerprint density at radius 3 is 2.33 bits per heavy atom. The Bertz CT molecular complexity index is 777. The van der Waals surface area contributed by atoms with Gasteiger partial charge in [-0.2, -0.15) is 0 Å². The van der Waals surface area contributed by atoms with E-state index in [0.717, 1.165) is 28.1 Å². The lowest BCUT2D eigenvalue weighted by atomic mass is 10.1. The van der Waals surface area contributed by atoms with Crippen molar-refractivity contribution in [2.24, 2.45) is 0 Å². The molecule has 2 aromatic rings. The zero-order chi connectivity index (χ0) is 19.8. The molecule has 0 bridgehead atoms. The number of para-hydroxylation sites is 1. The van der Waals surface area contributed by atoms with Crippen LogP contribution in [0.2, 0.25) is 5.02 Å². The number of carbonyl (C=O) groups is 2. The van der Waals surface area contributed by atoms with Crippen LogP contribution in [-0.4, -0.2) is 32.0 Å². The molecule has 6 heteroatoms. The summed E-state index contributed by atoms with van der Waals surface area (Å²) in [5, 5.41) is 6.55. The Labute approximate surface area is 165 Å². The summed E-state index contributed by atoms with van der Waals surface area (Å²) < 4.78 is 0. The average Bonchev–Trinajstić information content (AvgIpc) is 2.62. The van der Waals surface area contributed by atoms with E-state index >= 15 is 0 Å². The molecule has 0 heterocycles. The number of hydrogen-bond acceptors (Lipinski definition) is 2. The number of benzene rings is 2. The number of aryl methyl sites for hydroxylation is 1. The number of hydrogen-bond donors (Lipinski definition) is 3. The third-order valence-corrected chi connectivity index (χ3v) is 4.60. The van der Waals surface area contributed by atoms with Gasteiger partial charge in [0.15, 0.2) is 13.1 Å². The van der Waals surface area contributed by atoms with E-state index in [1.807, 2.05) is 50.4 Å². The van der Waals surface area contributed by atoms with Gasteiger partial charge in [-0.1, -0.05) is 48.9 Å². The van der Waals surface area contributed by atoms with Crippen LogP contribution >= 0.6 is 11.6 Å². The molecule has 0 aromatic heterocycles. The molecule has 0 saturated carbocycles. The number of rotatable bonds is 8. The van der Waals surface area contributed by atoms with Crippen molar-refractivity contribution in [3.63, 3.8) is 0 Å². The molecule has 0 spiro atoms. The van der Waals surface area contributed by atoms with Crippen LogP contribution in [0.25, 0.3) is 0 Å². The van der Waals surface area contributed by atoms with Gasteiger partial charge >= 0.3 is 0 Å². The number of likely N-dealkylation sites (N-methyl/N-ethyl adjacent to an activating group) is 1. The van der Waals surface area contributed by atoms with Crippen molar-refractivity contribution in [1.82, 2.24) is 5.32 Å². The molecule has 1 unspecified atom stereocenters. The lowest BCUT2D eigenvalue weighted by molar-refractivity contribution is -0.862. The molecule has 2 rings (SSSR count). The maximum atomic E-state index is 12.3. The van der Waals surface area contributed by atoms with E-state index in [0.29, 0.717) is 5.02 Å². The van der Waals surface area contributed by atoms with Crippen LogP contribution in [-0.2, 0) is 16.0 Å². The van der Waals surface area contributed by atoms with Gasteiger partial charge in [0, 0.05) is 10.7 Å². The summed E-state index contributed by atoms with van der Waals surface area (Å²) in [5.74, 6) is -0.205. The number of anilines is 1. The molecule has 0 saturated heterocycles. The predicted molar refractivity (Wildman–Crippen MR) is 109 cm³/mol. The largest absolute Gasteiger partial charge is 0.345 e. The van der Waals surface area contributed by atoms with E-state index < -0.39 is 0 Å². The topological polar surface area (TPSA) is 62.6 Å². The summed E-state index contributed by atoms with van der Waals surface area (Å²) in [6, 6.07) is 15.0. The zero-order valence-corrected chi connectivity index (χ0v) is 16.8. The zero-order valence-electron chi connectivity index (χ0n) is 16.0. The third-order valence-electron chi connectivity index (χ3n) is 4.34. The van der Waals surface area contributed by atoms with E-state index in [1.165, 1.54) is 0 Å². The molecule has 5 nitrogen and oxygen atoms in total. The second kappa shape index (κ2) is 10.1. The van der Waals surface area contributed by atoms with Gasteiger partial charge < -0.3 is 15.5 Å². The molecule has 0 radical (unpaired) electrons. The minimum Gasteiger partial charge on any atom is -0.345 e. The summed E-state index contributed by atoms with van der Waals surface area (Å²) in [6.45, 7) is 4.42. The van der Waals surface area contributed by atoms with Gasteiger partial charge in [0.25, 0.3) is 11.8 Å². The van der Waals surface area contributed by atoms with Crippen molar-refractivity contribution in [2.45, 2.75) is 26.3 Å². The fourth-order valence-corrected chi connectivity index (χ4v) is 3.01. The number of quaternary nitrogens is 1. The molecule has 2 amide bonds. The number of nitrogens with one attached hydrogen (secondary N) is 3. The minimum atomic E-state index is -0.118. The second-order valence-corrected chi connectivity index (χ2v) is 7.15. The Morgan fingerprint density at radius 1 is 1.04 bits per heavy atom. The highest BCUT2D eigenvalue weighted by atomic mass is 35.5. The monoisotopic (exact) mass is 388 g/mol. The fraction of sp³-hybridized carbons (Fsp3) is 0.333. The minimum absolute atomic E-state index is 0.100. The molecule has 2 aromatic carbocycles. The Morgan fingerprint density at radius 2 is 1.67 bits per heavy atom. The first-order valence-corrected chi connectivity index (χ1v) is 9.50. The van der Waals surface area contributed by atoms with Crippen LogP contribution in [0.3, 0.4) is 0 Å². The summed E-state index contributed by atoms with van der Waals surface area (Å²) in [5.41, 5.74) is 2.91. The lowest BCUT2D eigenvalue weighted by Crippen LogP contribution is -3.11. The normalized spacial score (nSPS) is 12.9. The molecule has 2 atom stereocenters. The summed E-state index contributed by atoms with van der Waals surface area (Å²) in [6.07, 6.45) is 0.851. The van der Waals surface area contributed by atoms with E-state index in [1.54, 1.807) is 12.1 Å². The quantitative estimate of drug-likeness (QED) is 0.649. The molecule has 0 aliphatic rings. The smallest absolute Gasteiger partial charge is 0.279 e. The number of carbonyl (C=O) groups excluding carboxylic acids is 2. The van der Waals surface area contributed by atoms with Crippen LogP contribution in [0.1, 0.15) is 31.0 Å². The van der Waals surface area contributed by atoms with Crippen LogP contribution in [0.5, 0.6) is 0 Å². The van der Waals surface area contributed by atoms with Gasteiger partial charge in [-0.25, -0.2) is 0 Å². The van der Waals surface area contributed by atoms with Crippen LogP contribution in [0.15, 0.2) is 48.5 Å². The first-order chi connectivity index (χ1) is 12.9. The van der Waals surface area contributed by atoms with Gasteiger partial charge in [0.1, 0.15) is 0 Å². The molecule has 0 aliphatic carbocycles. The van der Waals surface area contributed by atoms with Crippen LogP contribution < -0.4 is 15.5 Å². The van der Waals surface area contributed by atoms with Gasteiger partial charge in [0.05, 0.1) is 13.1 Å². The maximum absolute atomic E-state index is 12.3. The van der Waals surface area contributed by atoms with E-state index in [2.05, 4.69) is 17.6 Å². The van der Waals surface area contributed by atoms with Gasteiger partial charge in [-0.15, -0.1) is 0 Å². The van der Waals surface area contributed by atoms with Crippen molar-refractivity contribution in [2.75, 3.05) is 25.5 Å². The highest BCUT2D eigenvalue weighted by Gasteiger charge is 2.17. The van der Waals surface area contributed by atoms with Crippen LogP contribution in [0, 0.1) is 0 Å².